The Morgan fingerprint density at radius 1 is 1.33 bits per heavy atom. The van der Waals surface area contributed by atoms with Gasteiger partial charge in [0.1, 0.15) is 5.75 Å². The van der Waals surface area contributed by atoms with Crippen LogP contribution in [0.1, 0.15) is 22.8 Å². The number of rotatable bonds is 2. The van der Waals surface area contributed by atoms with Crippen LogP contribution in [0.15, 0.2) is 24.3 Å². The van der Waals surface area contributed by atoms with Crippen LogP contribution in [0, 0.1) is 0 Å². The topological polar surface area (TPSA) is 37.3 Å². The molecule has 0 heterocycles. The third-order valence-electron chi connectivity index (χ3n) is 1.54. The molecule has 0 atom stereocenters. The molecule has 2 nitrogen and oxygen atoms in total. The van der Waals surface area contributed by atoms with E-state index in [2.05, 4.69) is 0 Å². The summed E-state index contributed by atoms with van der Waals surface area (Å²) in [5.74, 6) is 0.175. The van der Waals surface area contributed by atoms with E-state index in [0.29, 0.717) is 5.56 Å². The molecular formula is C10H10O2. The molecular weight excluding hydrogens is 152 g/mol. The summed E-state index contributed by atoms with van der Waals surface area (Å²) in [6.07, 6.45) is 4.38. The van der Waals surface area contributed by atoms with Crippen molar-refractivity contribution in [3.63, 3.8) is 0 Å². The van der Waals surface area contributed by atoms with Gasteiger partial charge in [0.05, 0.1) is 0 Å². The molecule has 0 spiro atoms. The van der Waals surface area contributed by atoms with Gasteiger partial charge in [0, 0.05) is 5.56 Å². The molecule has 0 aliphatic carbocycles. The van der Waals surface area contributed by atoms with Crippen molar-refractivity contribution < 1.29 is 9.90 Å². The second-order valence-electron chi connectivity index (χ2n) is 2.43. The lowest BCUT2D eigenvalue weighted by atomic mass is 10.1. The Bertz CT molecular complexity index is 314. The molecule has 12 heavy (non-hydrogen) atoms. The SMILES string of the molecule is C/C=C\c1cc(O)ccc1C=O. The van der Waals surface area contributed by atoms with Crippen LogP contribution in [0.3, 0.4) is 0 Å². The Morgan fingerprint density at radius 2 is 2.08 bits per heavy atom. The van der Waals surface area contributed by atoms with Crippen LogP contribution in [0.5, 0.6) is 5.75 Å². The molecule has 0 unspecified atom stereocenters. The normalized spacial score (nSPS) is 10.4. The third kappa shape index (κ3) is 1.72. The highest BCUT2D eigenvalue weighted by Crippen LogP contribution is 2.16. The van der Waals surface area contributed by atoms with Gasteiger partial charge in [-0.05, 0) is 30.7 Å². The average molecular weight is 162 g/mol. The maximum atomic E-state index is 10.5. The molecule has 0 saturated carbocycles. The first-order valence-electron chi connectivity index (χ1n) is 3.69. The van der Waals surface area contributed by atoms with Crippen LogP contribution >= 0.6 is 0 Å². The molecule has 1 aromatic rings. The number of carbonyl (C=O) groups is 1. The fraction of sp³-hybridized carbons (Fsp3) is 0.100. The van der Waals surface area contributed by atoms with Crippen molar-refractivity contribution in [2.75, 3.05) is 0 Å². The van der Waals surface area contributed by atoms with Gasteiger partial charge in [-0.2, -0.15) is 0 Å². The van der Waals surface area contributed by atoms with Gasteiger partial charge in [-0.1, -0.05) is 12.2 Å². The number of phenolic OH excluding ortho intramolecular Hbond substituents is 1. The van der Waals surface area contributed by atoms with E-state index < -0.39 is 0 Å². The predicted octanol–water partition coefficient (Wildman–Crippen LogP) is 2.24. The van der Waals surface area contributed by atoms with Crippen molar-refractivity contribution in [2.45, 2.75) is 6.92 Å². The standard InChI is InChI=1S/C10H10O2/c1-2-3-8-6-10(12)5-4-9(8)7-11/h2-7,12H,1H3/b3-2-. The second-order valence-corrected chi connectivity index (χ2v) is 2.43. The number of phenols is 1. The maximum Gasteiger partial charge on any atom is 0.150 e. The highest BCUT2D eigenvalue weighted by molar-refractivity contribution is 5.82. The zero-order valence-electron chi connectivity index (χ0n) is 6.82. The number of aldehydes is 1. The second kappa shape index (κ2) is 3.72. The van der Waals surface area contributed by atoms with E-state index in [-0.39, 0.29) is 5.75 Å². The van der Waals surface area contributed by atoms with E-state index in [4.69, 9.17) is 5.11 Å². The third-order valence-corrected chi connectivity index (χ3v) is 1.54. The van der Waals surface area contributed by atoms with Crippen molar-refractivity contribution in [1.82, 2.24) is 0 Å². The number of hydrogen-bond acceptors (Lipinski definition) is 2. The van der Waals surface area contributed by atoms with E-state index in [1.807, 2.05) is 13.0 Å². The van der Waals surface area contributed by atoms with Crippen molar-refractivity contribution in [2.24, 2.45) is 0 Å². The van der Waals surface area contributed by atoms with Crippen LogP contribution < -0.4 is 0 Å². The molecule has 1 N–H and O–H groups in total. The highest BCUT2D eigenvalue weighted by Gasteiger charge is 1.98. The molecule has 1 rings (SSSR count). The lowest BCUT2D eigenvalue weighted by molar-refractivity contribution is 0.112. The van der Waals surface area contributed by atoms with E-state index in [1.165, 1.54) is 6.07 Å². The first kappa shape index (κ1) is 8.53. The first-order chi connectivity index (χ1) is 5.77. The van der Waals surface area contributed by atoms with Crippen molar-refractivity contribution in [3.8, 4) is 5.75 Å². The largest absolute Gasteiger partial charge is 0.508 e. The molecule has 0 aliphatic rings. The van der Waals surface area contributed by atoms with E-state index >= 15 is 0 Å². The number of hydrogen-bond donors (Lipinski definition) is 1. The Morgan fingerprint density at radius 3 is 2.67 bits per heavy atom. The summed E-state index contributed by atoms with van der Waals surface area (Å²) in [6.45, 7) is 1.86. The summed E-state index contributed by atoms with van der Waals surface area (Å²) in [5, 5.41) is 9.11. The molecule has 1 aromatic carbocycles. The average Bonchev–Trinajstić information content (AvgIpc) is 2.05. The predicted molar refractivity (Wildman–Crippen MR) is 48.2 cm³/mol. The molecule has 0 aliphatic heterocycles. The van der Waals surface area contributed by atoms with E-state index in [9.17, 15) is 4.79 Å². The van der Waals surface area contributed by atoms with Crippen molar-refractivity contribution >= 4 is 12.4 Å². The van der Waals surface area contributed by atoms with Gasteiger partial charge < -0.3 is 5.11 Å². The zero-order valence-corrected chi connectivity index (χ0v) is 6.82. The number of aromatic hydroxyl groups is 1. The number of carbonyl (C=O) groups excluding carboxylic acids is 1. The Labute approximate surface area is 71.2 Å². The highest BCUT2D eigenvalue weighted by atomic mass is 16.3. The molecule has 0 radical (unpaired) electrons. The molecule has 0 amide bonds. The smallest absolute Gasteiger partial charge is 0.150 e. The Balaban J connectivity index is 3.20. The Hall–Kier alpha value is -1.57. The van der Waals surface area contributed by atoms with Crippen LogP contribution in [-0.2, 0) is 0 Å². The fourth-order valence-corrected chi connectivity index (χ4v) is 0.993. The lowest BCUT2D eigenvalue weighted by Gasteiger charge is -1.98. The van der Waals surface area contributed by atoms with Crippen LogP contribution in [0.2, 0.25) is 0 Å². The molecule has 62 valence electrons. The summed E-state index contributed by atoms with van der Waals surface area (Å²) in [6, 6.07) is 4.65. The summed E-state index contributed by atoms with van der Waals surface area (Å²) in [5.41, 5.74) is 1.33. The zero-order chi connectivity index (χ0) is 8.97. The fourth-order valence-electron chi connectivity index (χ4n) is 0.993. The molecule has 2 heteroatoms. The van der Waals surface area contributed by atoms with Gasteiger partial charge in [-0.3, -0.25) is 4.79 Å². The van der Waals surface area contributed by atoms with Gasteiger partial charge in [0.15, 0.2) is 6.29 Å². The van der Waals surface area contributed by atoms with Crippen LogP contribution in [0.4, 0.5) is 0 Å². The quantitative estimate of drug-likeness (QED) is 0.677. The molecule has 0 saturated heterocycles. The monoisotopic (exact) mass is 162 g/mol. The molecule has 0 fully saturated rings. The number of allylic oxidation sites excluding steroid dienone is 1. The summed E-state index contributed by atoms with van der Waals surface area (Å²) in [7, 11) is 0. The van der Waals surface area contributed by atoms with Gasteiger partial charge in [0.25, 0.3) is 0 Å². The summed E-state index contributed by atoms with van der Waals surface area (Å²) < 4.78 is 0. The lowest BCUT2D eigenvalue weighted by Crippen LogP contribution is -1.84. The molecule has 0 bridgehead atoms. The minimum Gasteiger partial charge on any atom is -0.508 e. The van der Waals surface area contributed by atoms with Crippen molar-refractivity contribution in [3.05, 3.63) is 35.4 Å². The van der Waals surface area contributed by atoms with Gasteiger partial charge in [-0.25, -0.2) is 0 Å². The van der Waals surface area contributed by atoms with Gasteiger partial charge in [0.2, 0.25) is 0 Å². The van der Waals surface area contributed by atoms with Gasteiger partial charge >= 0.3 is 0 Å². The van der Waals surface area contributed by atoms with Gasteiger partial charge in [-0.15, -0.1) is 0 Å². The van der Waals surface area contributed by atoms with Crippen LogP contribution in [-0.4, -0.2) is 11.4 Å². The van der Waals surface area contributed by atoms with Crippen molar-refractivity contribution in [1.29, 1.82) is 0 Å². The number of benzene rings is 1. The minimum atomic E-state index is 0.175. The first-order valence-corrected chi connectivity index (χ1v) is 3.69. The maximum absolute atomic E-state index is 10.5. The van der Waals surface area contributed by atoms with E-state index in [1.54, 1.807) is 18.2 Å². The minimum absolute atomic E-state index is 0.175. The summed E-state index contributed by atoms with van der Waals surface area (Å²) in [4.78, 5) is 10.5. The Kier molecular flexibility index (Phi) is 2.64. The molecule has 0 aromatic heterocycles. The van der Waals surface area contributed by atoms with E-state index in [0.717, 1.165) is 11.8 Å². The van der Waals surface area contributed by atoms with Crippen LogP contribution in [0.25, 0.3) is 6.08 Å². The summed E-state index contributed by atoms with van der Waals surface area (Å²) >= 11 is 0.